The van der Waals surface area contributed by atoms with Crippen molar-refractivity contribution in [2.75, 3.05) is 26.2 Å². The van der Waals surface area contributed by atoms with Crippen molar-refractivity contribution in [1.82, 2.24) is 14.8 Å². The molecule has 0 bridgehead atoms. The minimum atomic E-state index is -0.453. The fourth-order valence-electron chi connectivity index (χ4n) is 4.39. The summed E-state index contributed by atoms with van der Waals surface area (Å²) in [4.78, 5) is 19.7. The number of H-pyrrole nitrogens is 1. The maximum atomic E-state index is 12.0. The van der Waals surface area contributed by atoms with E-state index in [1.54, 1.807) is 4.90 Å². The molecule has 2 aromatic rings. The second kappa shape index (κ2) is 10.2. The van der Waals surface area contributed by atoms with E-state index < -0.39 is 6.61 Å². The minimum Gasteiger partial charge on any atom is -0.387 e. The van der Waals surface area contributed by atoms with E-state index >= 15 is 0 Å². The van der Waals surface area contributed by atoms with Crippen LogP contribution in [-0.2, 0) is 24.3 Å². The third-order valence-corrected chi connectivity index (χ3v) is 6.59. The number of rotatable bonds is 3. The van der Waals surface area contributed by atoms with Gasteiger partial charge in [0.05, 0.1) is 15.6 Å². The van der Waals surface area contributed by atoms with E-state index in [2.05, 4.69) is 9.88 Å². The number of halogens is 2. The molecule has 4 rings (SSSR count). The normalized spacial score (nSPS) is 17.5. The first kappa shape index (κ1) is 22.4. The molecule has 7 heteroatoms. The number of carbonyl (C=O) groups is 1. The second-order valence-electron chi connectivity index (χ2n) is 7.58. The number of fused-ring (bicyclic) bond motifs is 3. The smallest absolute Gasteiger partial charge is 0.248 e. The highest BCUT2D eigenvalue weighted by Crippen LogP contribution is 2.39. The van der Waals surface area contributed by atoms with Gasteiger partial charge in [0.15, 0.2) is 0 Å². The standard InChI is InChI=1S/C20H25Cl2N3O2.C2H6/c21-15-9-13(10-24-6-3-1-2-4-7-24)18-14-11-25(17(27)12-26)8-5-16(14)23-20(18)19(15)22;1-2/h9,23,26H,1-8,10-12H2;1-2H3. The van der Waals surface area contributed by atoms with Gasteiger partial charge >= 0.3 is 0 Å². The molecule has 29 heavy (non-hydrogen) atoms. The van der Waals surface area contributed by atoms with Crippen LogP contribution in [0.5, 0.6) is 0 Å². The molecule has 3 heterocycles. The minimum absolute atomic E-state index is 0.232. The van der Waals surface area contributed by atoms with Crippen molar-refractivity contribution < 1.29 is 9.90 Å². The SMILES string of the molecule is CC.O=C(CO)N1CCc2[nH]c3c(Cl)c(Cl)cc(CN4CCCCCC4)c3c2C1. The molecule has 1 amide bonds. The molecule has 0 atom stereocenters. The van der Waals surface area contributed by atoms with Crippen LogP contribution in [0.2, 0.25) is 10.0 Å². The highest BCUT2D eigenvalue weighted by molar-refractivity contribution is 6.45. The lowest BCUT2D eigenvalue weighted by Crippen LogP contribution is -2.37. The average Bonchev–Trinajstić information content (AvgIpc) is 2.94. The number of likely N-dealkylation sites (tertiary alicyclic amines) is 1. The lowest BCUT2D eigenvalue weighted by atomic mass is 10.00. The molecule has 5 nitrogen and oxygen atoms in total. The number of aromatic nitrogens is 1. The molecule has 1 aromatic heterocycles. The van der Waals surface area contributed by atoms with Crippen LogP contribution in [0.4, 0.5) is 0 Å². The molecule has 0 spiro atoms. The van der Waals surface area contributed by atoms with Crippen molar-refractivity contribution in [3.05, 3.63) is 32.9 Å². The molecule has 0 aliphatic carbocycles. The van der Waals surface area contributed by atoms with Gasteiger partial charge in [-0.2, -0.15) is 0 Å². The largest absolute Gasteiger partial charge is 0.387 e. The predicted molar refractivity (Wildman–Crippen MR) is 120 cm³/mol. The fraction of sp³-hybridized carbons (Fsp3) is 0.591. The highest BCUT2D eigenvalue weighted by Gasteiger charge is 2.27. The zero-order valence-corrected chi connectivity index (χ0v) is 18.9. The Morgan fingerprint density at radius 1 is 1.14 bits per heavy atom. The van der Waals surface area contributed by atoms with Crippen LogP contribution < -0.4 is 0 Å². The summed E-state index contributed by atoms with van der Waals surface area (Å²) < 4.78 is 0. The van der Waals surface area contributed by atoms with Crippen molar-refractivity contribution in [3.8, 4) is 0 Å². The highest BCUT2D eigenvalue weighted by atomic mass is 35.5. The van der Waals surface area contributed by atoms with Crippen LogP contribution in [0, 0.1) is 0 Å². The van der Waals surface area contributed by atoms with E-state index in [9.17, 15) is 9.90 Å². The summed E-state index contributed by atoms with van der Waals surface area (Å²) in [6.07, 6.45) is 5.78. The Bertz CT molecular complexity index is 858. The van der Waals surface area contributed by atoms with Crippen LogP contribution in [0.15, 0.2) is 6.07 Å². The molecule has 0 unspecified atom stereocenters. The number of amides is 1. The number of nitrogens with zero attached hydrogens (tertiary/aromatic N) is 2. The summed E-state index contributed by atoms with van der Waals surface area (Å²) in [7, 11) is 0. The van der Waals surface area contributed by atoms with E-state index in [4.69, 9.17) is 23.2 Å². The third kappa shape index (κ3) is 4.74. The van der Waals surface area contributed by atoms with Gasteiger partial charge in [0.25, 0.3) is 0 Å². The molecule has 0 radical (unpaired) electrons. The number of aliphatic hydroxyl groups excluding tert-OH is 1. The Labute approximate surface area is 183 Å². The van der Waals surface area contributed by atoms with Gasteiger partial charge in [-0.1, -0.05) is 49.9 Å². The first-order chi connectivity index (χ1) is 14.1. The number of hydrogen-bond acceptors (Lipinski definition) is 3. The van der Waals surface area contributed by atoms with Crippen molar-refractivity contribution >= 4 is 40.0 Å². The number of nitrogens with one attached hydrogen (secondary N) is 1. The van der Waals surface area contributed by atoms with Gasteiger partial charge in [-0.3, -0.25) is 9.69 Å². The first-order valence-corrected chi connectivity index (χ1v) is 11.5. The van der Waals surface area contributed by atoms with E-state index in [1.165, 1.54) is 25.7 Å². The van der Waals surface area contributed by atoms with Crippen LogP contribution in [0.1, 0.15) is 56.4 Å². The monoisotopic (exact) mass is 439 g/mol. The molecule has 160 valence electrons. The van der Waals surface area contributed by atoms with Gasteiger partial charge < -0.3 is 15.0 Å². The first-order valence-electron chi connectivity index (χ1n) is 10.7. The maximum Gasteiger partial charge on any atom is 0.248 e. The summed E-state index contributed by atoms with van der Waals surface area (Å²) >= 11 is 13.0. The van der Waals surface area contributed by atoms with Crippen molar-refractivity contribution in [2.45, 2.75) is 59.0 Å². The lowest BCUT2D eigenvalue weighted by molar-refractivity contribution is -0.135. The van der Waals surface area contributed by atoms with E-state index in [0.717, 1.165) is 53.8 Å². The van der Waals surface area contributed by atoms with Crippen LogP contribution in [-0.4, -0.2) is 52.0 Å². The number of hydrogen-bond donors (Lipinski definition) is 2. The summed E-state index contributed by atoms with van der Waals surface area (Å²) in [6, 6.07) is 1.98. The predicted octanol–water partition coefficient (Wildman–Crippen LogP) is 4.75. The van der Waals surface area contributed by atoms with Crippen molar-refractivity contribution in [2.24, 2.45) is 0 Å². The van der Waals surface area contributed by atoms with Crippen LogP contribution >= 0.6 is 23.2 Å². The molecular formula is C22H31Cl2N3O2. The number of benzene rings is 1. The zero-order chi connectivity index (χ0) is 21.0. The van der Waals surface area contributed by atoms with Gasteiger partial charge in [-0.25, -0.2) is 0 Å². The zero-order valence-electron chi connectivity index (χ0n) is 17.4. The van der Waals surface area contributed by atoms with Gasteiger partial charge in [0.1, 0.15) is 6.61 Å². The number of aliphatic hydroxyl groups is 1. The van der Waals surface area contributed by atoms with Gasteiger partial charge in [-0.05, 0) is 37.6 Å². The van der Waals surface area contributed by atoms with Gasteiger partial charge in [-0.15, -0.1) is 0 Å². The Kier molecular flexibility index (Phi) is 7.85. The molecule has 1 saturated heterocycles. The fourth-order valence-corrected chi connectivity index (χ4v) is 4.82. The molecule has 2 aliphatic rings. The molecule has 1 aromatic carbocycles. The second-order valence-corrected chi connectivity index (χ2v) is 8.36. The molecule has 1 fully saturated rings. The van der Waals surface area contributed by atoms with Gasteiger partial charge in [0, 0.05) is 42.7 Å². The van der Waals surface area contributed by atoms with E-state index in [1.807, 2.05) is 19.9 Å². The van der Waals surface area contributed by atoms with Crippen LogP contribution in [0.3, 0.4) is 0 Å². The lowest BCUT2D eigenvalue weighted by Gasteiger charge is -2.27. The number of carbonyl (C=O) groups excluding carboxylic acids is 1. The topological polar surface area (TPSA) is 59.6 Å². The molecule has 0 saturated carbocycles. The van der Waals surface area contributed by atoms with Gasteiger partial charge in [0.2, 0.25) is 5.91 Å². The average molecular weight is 440 g/mol. The van der Waals surface area contributed by atoms with E-state index in [0.29, 0.717) is 23.1 Å². The summed E-state index contributed by atoms with van der Waals surface area (Å²) in [6.45, 7) is 7.69. The summed E-state index contributed by atoms with van der Waals surface area (Å²) in [5, 5.41) is 11.4. The quantitative estimate of drug-likeness (QED) is 0.724. The Morgan fingerprint density at radius 2 is 1.83 bits per heavy atom. The molecular weight excluding hydrogens is 409 g/mol. The summed E-state index contributed by atoms with van der Waals surface area (Å²) in [5.41, 5.74) is 4.27. The number of aromatic amines is 1. The third-order valence-electron chi connectivity index (χ3n) is 5.80. The molecule has 2 aliphatic heterocycles. The summed E-state index contributed by atoms with van der Waals surface area (Å²) in [5.74, 6) is -0.232. The Morgan fingerprint density at radius 3 is 2.48 bits per heavy atom. The van der Waals surface area contributed by atoms with Crippen LogP contribution in [0.25, 0.3) is 10.9 Å². The van der Waals surface area contributed by atoms with Crippen molar-refractivity contribution in [3.63, 3.8) is 0 Å². The molecule has 2 N–H and O–H groups in total. The Balaban J connectivity index is 0.00000117. The Hall–Kier alpha value is -1.27. The van der Waals surface area contributed by atoms with E-state index in [-0.39, 0.29) is 5.91 Å². The maximum absolute atomic E-state index is 12.0. The van der Waals surface area contributed by atoms with Crippen molar-refractivity contribution in [1.29, 1.82) is 0 Å².